The van der Waals surface area contributed by atoms with Crippen LogP contribution in [0.1, 0.15) is 11.3 Å². The molecule has 7 nitrogen and oxygen atoms in total. The van der Waals surface area contributed by atoms with Crippen LogP contribution in [-0.4, -0.2) is 31.1 Å². The minimum atomic E-state index is -0.213. The Bertz CT molecular complexity index is 792. The third-order valence-corrected chi connectivity index (χ3v) is 3.88. The van der Waals surface area contributed by atoms with E-state index in [-0.39, 0.29) is 12.5 Å². The second kappa shape index (κ2) is 6.02. The molecule has 0 fully saturated rings. The topological polar surface area (TPSA) is 85.6 Å². The van der Waals surface area contributed by atoms with Crippen molar-refractivity contribution in [1.29, 1.82) is 0 Å². The monoisotopic (exact) mass is 314 g/mol. The van der Waals surface area contributed by atoms with Crippen LogP contribution >= 0.6 is 11.3 Å². The molecule has 2 heterocycles. The molecule has 1 amide bonds. The van der Waals surface area contributed by atoms with Crippen LogP contribution in [0.2, 0.25) is 0 Å². The zero-order valence-corrected chi connectivity index (χ0v) is 13.0. The zero-order valence-electron chi connectivity index (χ0n) is 12.1. The number of aromatic nitrogens is 5. The Hall–Kier alpha value is -2.61. The molecule has 0 aliphatic carbocycles. The first-order valence-corrected chi connectivity index (χ1v) is 7.55. The summed E-state index contributed by atoms with van der Waals surface area (Å²) in [5.74, 6) is 0.348. The molecular weight excluding hydrogens is 300 g/mol. The number of anilines is 1. The molecule has 0 aliphatic heterocycles. The second-order valence-electron chi connectivity index (χ2n) is 4.87. The third-order valence-electron chi connectivity index (χ3n) is 3.00. The highest BCUT2D eigenvalue weighted by atomic mass is 32.1. The van der Waals surface area contributed by atoms with Gasteiger partial charge in [0.2, 0.25) is 5.91 Å². The third kappa shape index (κ3) is 3.17. The summed E-state index contributed by atoms with van der Waals surface area (Å²) in [6.45, 7) is 3.92. The molecule has 1 N–H and O–H groups in total. The molecule has 0 bridgehead atoms. The van der Waals surface area contributed by atoms with Gasteiger partial charge in [0.25, 0.3) is 0 Å². The normalized spacial score (nSPS) is 10.6. The molecule has 2 aromatic heterocycles. The van der Waals surface area contributed by atoms with Gasteiger partial charge in [-0.15, -0.1) is 16.4 Å². The van der Waals surface area contributed by atoms with Crippen LogP contribution in [0.4, 0.5) is 5.13 Å². The summed E-state index contributed by atoms with van der Waals surface area (Å²) >= 11 is 1.39. The zero-order chi connectivity index (χ0) is 15.5. The van der Waals surface area contributed by atoms with Crippen molar-refractivity contribution in [2.24, 2.45) is 0 Å². The number of nitrogens with one attached hydrogen (secondary N) is 1. The average Bonchev–Trinajstić information content (AvgIpc) is 3.09. The summed E-state index contributed by atoms with van der Waals surface area (Å²) in [7, 11) is 0. The highest BCUT2D eigenvalue weighted by Crippen LogP contribution is 2.17. The lowest BCUT2D eigenvalue weighted by Gasteiger charge is -2.05. The number of rotatable bonds is 4. The highest BCUT2D eigenvalue weighted by Gasteiger charge is 2.13. The van der Waals surface area contributed by atoms with Crippen molar-refractivity contribution >= 4 is 22.4 Å². The summed E-state index contributed by atoms with van der Waals surface area (Å²) in [5, 5.41) is 16.7. The molecule has 3 aromatic rings. The van der Waals surface area contributed by atoms with E-state index in [1.807, 2.05) is 43.5 Å². The maximum Gasteiger partial charge on any atom is 0.248 e. The van der Waals surface area contributed by atoms with Crippen molar-refractivity contribution in [1.82, 2.24) is 25.2 Å². The van der Waals surface area contributed by atoms with Crippen molar-refractivity contribution in [3.63, 3.8) is 0 Å². The van der Waals surface area contributed by atoms with Gasteiger partial charge in [0.05, 0.1) is 5.69 Å². The van der Waals surface area contributed by atoms with E-state index >= 15 is 0 Å². The average molecular weight is 314 g/mol. The van der Waals surface area contributed by atoms with Gasteiger partial charge in [-0.25, -0.2) is 9.67 Å². The van der Waals surface area contributed by atoms with Gasteiger partial charge in [-0.1, -0.05) is 29.8 Å². The van der Waals surface area contributed by atoms with Crippen LogP contribution in [0.25, 0.3) is 11.4 Å². The maximum atomic E-state index is 12.1. The molecule has 0 radical (unpaired) electrons. The van der Waals surface area contributed by atoms with E-state index in [2.05, 4.69) is 25.8 Å². The summed E-state index contributed by atoms with van der Waals surface area (Å²) in [6.07, 6.45) is 0. The predicted molar refractivity (Wildman–Crippen MR) is 83.5 cm³/mol. The molecule has 0 saturated carbocycles. The van der Waals surface area contributed by atoms with Gasteiger partial charge in [-0.05, 0) is 24.3 Å². The molecule has 1 aromatic carbocycles. The number of hydrogen-bond donors (Lipinski definition) is 1. The Morgan fingerprint density at radius 2 is 2.05 bits per heavy atom. The summed E-state index contributed by atoms with van der Waals surface area (Å²) < 4.78 is 1.47. The smallest absolute Gasteiger partial charge is 0.248 e. The van der Waals surface area contributed by atoms with E-state index in [4.69, 9.17) is 0 Å². The first-order valence-electron chi connectivity index (χ1n) is 6.67. The van der Waals surface area contributed by atoms with Crippen LogP contribution < -0.4 is 5.32 Å². The number of carbonyl (C=O) groups excluding carboxylic acids is 1. The Morgan fingerprint density at radius 3 is 2.73 bits per heavy atom. The van der Waals surface area contributed by atoms with Crippen LogP contribution in [0, 0.1) is 13.8 Å². The molecule has 0 spiro atoms. The van der Waals surface area contributed by atoms with Gasteiger partial charge in [0.15, 0.2) is 11.0 Å². The van der Waals surface area contributed by atoms with Gasteiger partial charge in [0, 0.05) is 10.9 Å². The van der Waals surface area contributed by atoms with Crippen molar-refractivity contribution in [2.45, 2.75) is 20.4 Å². The first-order chi connectivity index (χ1) is 10.6. The number of aryl methyl sites for hydroxylation is 2. The van der Waals surface area contributed by atoms with Crippen LogP contribution in [0.15, 0.2) is 29.6 Å². The number of benzene rings is 1. The number of nitrogens with zero attached hydrogens (tertiary/aromatic N) is 5. The van der Waals surface area contributed by atoms with Crippen molar-refractivity contribution in [2.75, 3.05) is 5.32 Å². The molecule has 0 atom stereocenters. The molecule has 0 unspecified atom stereocenters. The van der Waals surface area contributed by atoms with Crippen molar-refractivity contribution in [3.05, 3.63) is 40.9 Å². The SMILES string of the molecule is Cc1ccc(-c2nnnn2CC(=O)Nc2nc(C)cs2)cc1. The molecule has 3 rings (SSSR count). The van der Waals surface area contributed by atoms with Crippen LogP contribution in [0.3, 0.4) is 0 Å². The predicted octanol–water partition coefficient (Wildman–Crippen LogP) is 2.05. The first kappa shape index (κ1) is 14.3. The fraction of sp³-hybridized carbons (Fsp3) is 0.214. The van der Waals surface area contributed by atoms with Gasteiger partial charge < -0.3 is 5.32 Å². The molecule has 8 heteroatoms. The quantitative estimate of drug-likeness (QED) is 0.796. The van der Waals surface area contributed by atoms with E-state index in [1.54, 1.807) is 0 Å². The lowest BCUT2D eigenvalue weighted by Crippen LogP contribution is -2.20. The van der Waals surface area contributed by atoms with Crippen molar-refractivity contribution in [3.8, 4) is 11.4 Å². The van der Waals surface area contributed by atoms with E-state index in [0.29, 0.717) is 11.0 Å². The number of thiazole rings is 1. The number of tetrazole rings is 1. The second-order valence-corrected chi connectivity index (χ2v) is 5.73. The Morgan fingerprint density at radius 1 is 1.27 bits per heavy atom. The molecule has 22 heavy (non-hydrogen) atoms. The fourth-order valence-electron chi connectivity index (χ4n) is 1.93. The molecule has 0 saturated heterocycles. The summed E-state index contributed by atoms with van der Waals surface area (Å²) in [6, 6.07) is 7.82. The van der Waals surface area contributed by atoms with E-state index in [0.717, 1.165) is 16.8 Å². The lowest BCUT2D eigenvalue weighted by atomic mass is 10.1. The van der Waals surface area contributed by atoms with E-state index in [9.17, 15) is 4.79 Å². The van der Waals surface area contributed by atoms with Gasteiger partial charge in [0.1, 0.15) is 6.54 Å². The van der Waals surface area contributed by atoms with Gasteiger partial charge in [-0.3, -0.25) is 4.79 Å². The minimum Gasteiger partial charge on any atom is -0.300 e. The lowest BCUT2D eigenvalue weighted by molar-refractivity contribution is -0.116. The number of amides is 1. The van der Waals surface area contributed by atoms with Gasteiger partial charge >= 0.3 is 0 Å². The Balaban J connectivity index is 1.74. The van der Waals surface area contributed by atoms with E-state index < -0.39 is 0 Å². The van der Waals surface area contributed by atoms with Crippen LogP contribution in [0.5, 0.6) is 0 Å². The molecular formula is C14H14N6OS. The number of carbonyl (C=O) groups is 1. The maximum absolute atomic E-state index is 12.1. The Labute approximate surface area is 131 Å². The van der Waals surface area contributed by atoms with Crippen LogP contribution in [-0.2, 0) is 11.3 Å². The van der Waals surface area contributed by atoms with E-state index in [1.165, 1.54) is 16.0 Å². The standard InChI is InChI=1S/C14H14N6OS/c1-9-3-5-11(6-4-9)13-17-18-19-20(13)7-12(21)16-14-15-10(2)8-22-14/h3-6,8H,7H2,1-2H3,(H,15,16,21). The summed E-state index contributed by atoms with van der Waals surface area (Å²) in [4.78, 5) is 16.3. The fourth-order valence-corrected chi connectivity index (χ4v) is 2.63. The molecule has 0 aliphatic rings. The molecule has 112 valence electrons. The highest BCUT2D eigenvalue weighted by molar-refractivity contribution is 7.13. The minimum absolute atomic E-state index is 0.0365. The van der Waals surface area contributed by atoms with Crippen molar-refractivity contribution < 1.29 is 4.79 Å². The van der Waals surface area contributed by atoms with Gasteiger partial charge in [-0.2, -0.15) is 0 Å². The Kier molecular flexibility index (Phi) is 3.92. The summed E-state index contributed by atoms with van der Waals surface area (Å²) in [5.41, 5.74) is 2.90. The number of hydrogen-bond acceptors (Lipinski definition) is 6. The largest absolute Gasteiger partial charge is 0.300 e.